The molecule has 1 aliphatic heterocycles. The van der Waals surface area contributed by atoms with Crippen LogP contribution in [0.2, 0.25) is 0 Å². The van der Waals surface area contributed by atoms with Crippen molar-refractivity contribution in [2.75, 3.05) is 43.0 Å². The van der Waals surface area contributed by atoms with Gasteiger partial charge < -0.3 is 20.3 Å². The average molecular weight is 525 g/mol. The number of hydrogen-bond acceptors (Lipinski definition) is 10. The third-order valence-corrected chi connectivity index (χ3v) is 6.34. The van der Waals surface area contributed by atoms with E-state index in [9.17, 15) is 4.79 Å². The molecular formula is C29H32N8O2. The Morgan fingerprint density at radius 3 is 2.59 bits per heavy atom. The smallest absolute Gasteiger partial charge is 0.310 e. The van der Waals surface area contributed by atoms with Crippen molar-refractivity contribution in [3.63, 3.8) is 0 Å². The molecule has 0 bridgehead atoms. The maximum absolute atomic E-state index is 12.4. The van der Waals surface area contributed by atoms with Crippen molar-refractivity contribution in [3.8, 4) is 11.5 Å². The van der Waals surface area contributed by atoms with Crippen LogP contribution in [0.15, 0.2) is 60.9 Å². The molecular weight excluding hydrogens is 492 g/mol. The fraction of sp³-hybridized carbons (Fsp3) is 0.310. The Kier molecular flexibility index (Phi) is 8.33. The van der Waals surface area contributed by atoms with Gasteiger partial charge in [0.1, 0.15) is 23.2 Å². The molecule has 1 aromatic carbocycles. The molecule has 10 nitrogen and oxygen atoms in total. The summed E-state index contributed by atoms with van der Waals surface area (Å²) in [7, 11) is 0. The van der Waals surface area contributed by atoms with Crippen molar-refractivity contribution in [3.05, 3.63) is 83.6 Å². The molecule has 1 saturated heterocycles. The van der Waals surface area contributed by atoms with Crippen LogP contribution < -0.4 is 15.5 Å². The van der Waals surface area contributed by atoms with Crippen LogP contribution >= 0.6 is 0 Å². The molecule has 1 aliphatic rings. The number of carbonyl (C=O) groups is 1. The van der Waals surface area contributed by atoms with Crippen molar-refractivity contribution in [2.45, 2.75) is 26.7 Å². The topological polar surface area (TPSA) is 118 Å². The Morgan fingerprint density at radius 1 is 1.00 bits per heavy atom. The van der Waals surface area contributed by atoms with Crippen LogP contribution in [-0.4, -0.2) is 63.7 Å². The van der Waals surface area contributed by atoms with Gasteiger partial charge >= 0.3 is 5.97 Å². The lowest BCUT2D eigenvalue weighted by Gasteiger charge is -2.31. The molecule has 0 aliphatic carbocycles. The van der Waals surface area contributed by atoms with Gasteiger partial charge in [-0.3, -0.25) is 4.79 Å². The number of aromatic nitrogens is 5. The summed E-state index contributed by atoms with van der Waals surface area (Å²) in [5.74, 6) is 2.22. The van der Waals surface area contributed by atoms with Gasteiger partial charge in [-0.1, -0.05) is 18.2 Å². The molecule has 2 N–H and O–H groups in total. The molecule has 200 valence electrons. The zero-order chi connectivity index (χ0) is 27.0. The van der Waals surface area contributed by atoms with Crippen molar-refractivity contribution in [1.29, 1.82) is 0 Å². The minimum absolute atomic E-state index is 0.224. The largest absolute Gasteiger partial charge is 0.466 e. The van der Waals surface area contributed by atoms with Crippen LogP contribution in [0.1, 0.15) is 29.6 Å². The van der Waals surface area contributed by atoms with E-state index < -0.39 is 0 Å². The van der Waals surface area contributed by atoms with Gasteiger partial charge in [-0.2, -0.15) is 0 Å². The highest BCUT2D eigenvalue weighted by molar-refractivity contribution is 5.76. The fourth-order valence-corrected chi connectivity index (χ4v) is 4.56. The van der Waals surface area contributed by atoms with Gasteiger partial charge in [0.2, 0.25) is 0 Å². The summed E-state index contributed by atoms with van der Waals surface area (Å²) in [6, 6.07) is 15.6. The predicted octanol–water partition coefficient (Wildman–Crippen LogP) is 3.49. The van der Waals surface area contributed by atoms with Crippen molar-refractivity contribution in [2.24, 2.45) is 0 Å². The van der Waals surface area contributed by atoms with E-state index in [-0.39, 0.29) is 12.4 Å². The van der Waals surface area contributed by atoms with Crippen LogP contribution in [-0.2, 0) is 22.4 Å². The summed E-state index contributed by atoms with van der Waals surface area (Å²) < 4.78 is 5.24. The van der Waals surface area contributed by atoms with Crippen LogP contribution in [0.4, 0.5) is 17.3 Å². The zero-order valence-corrected chi connectivity index (χ0v) is 22.2. The number of piperazine rings is 1. The van der Waals surface area contributed by atoms with Gasteiger partial charge in [0.05, 0.1) is 13.0 Å². The molecule has 39 heavy (non-hydrogen) atoms. The molecule has 1 fully saturated rings. The maximum Gasteiger partial charge on any atom is 0.310 e. The van der Waals surface area contributed by atoms with Crippen molar-refractivity contribution in [1.82, 2.24) is 30.2 Å². The summed E-state index contributed by atoms with van der Waals surface area (Å²) >= 11 is 0. The Labute approximate surface area is 227 Å². The maximum atomic E-state index is 12.4. The zero-order valence-electron chi connectivity index (χ0n) is 22.2. The number of nitrogens with zero attached hydrogens (tertiary/aromatic N) is 6. The van der Waals surface area contributed by atoms with Gasteiger partial charge in [-0.15, -0.1) is 0 Å². The molecule has 0 saturated carbocycles. The quantitative estimate of drug-likeness (QED) is 0.315. The second-order valence-corrected chi connectivity index (χ2v) is 9.27. The highest BCUT2D eigenvalue weighted by Crippen LogP contribution is 2.25. The molecule has 10 heteroatoms. The number of hydrogen-bond donors (Lipinski definition) is 2. The third-order valence-electron chi connectivity index (χ3n) is 6.34. The first kappa shape index (κ1) is 26.2. The lowest BCUT2D eigenvalue weighted by atomic mass is 10.0. The highest BCUT2D eigenvalue weighted by atomic mass is 16.5. The number of pyridine rings is 1. The predicted molar refractivity (Wildman–Crippen MR) is 150 cm³/mol. The fourth-order valence-electron chi connectivity index (χ4n) is 4.56. The summed E-state index contributed by atoms with van der Waals surface area (Å²) in [6.07, 6.45) is 4.18. The van der Waals surface area contributed by atoms with Crippen LogP contribution in [0, 0.1) is 6.92 Å². The summed E-state index contributed by atoms with van der Waals surface area (Å²) in [4.78, 5) is 37.3. The number of esters is 1. The second kappa shape index (κ2) is 12.4. The first-order valence-electron chi connectivity index (χ1n) is 13.2. The van der Waals surface area contributed by atoms with Gasteiger partial charge in [0.25, 0.3) is 0 Å². The number of nitrogens with one attached hydrogen (secondary N) is 2. The van der Waals surface area contributed by atoms with Crippen molar-refractivity contribution >= 4 is 23.3 Å². The number of anilines is 3. The minimum Gasteiger partial charge on any atom is -0.466 e. The number of carbonyl (C=O) groups excluding carboxylic acids is 1. The normalized spacial score (nSPS) is 13.2. The van der Waals surface area contributed by atoms with E-state index in [4.69, 9.17) is 9.72 Å². The van der Waals surface area contributed by atoms with Crippen molar-refractivity contribution < 1.29 is 9.53 Å². The van der Waals surface area contributed by atoms with E-state index in [0.29, 0.717) is 42.0 Å². The van der Waals surface area contributed by atoms with E-state index >= 15 is 0 Å². The summed E-state index contributed by atoms with van der Waals surface area (Å²) in [5, 5.41) is 6.63. The molecule has 4 heterocycles. The molecule has 0 spiro atoms. The van der Waals surface area contributed by atoms with Crippen LogP contribution in [0.5, 0.6) is 0 Å². The van der Waals surface area contributed by atoms with E-state index in [0.717, 1.165) is 48.7 Å². The van der Waals surface area contributed by atoms with Crippen LogP contribution in [0.3, 0.4) is 0 Å². The molecule has 3 aromatic heterocycles. The highest BCUT2D eigenvalue weighted by Gasteiger charge is 2.17. The number of benzene rings is 1. The van der Waals surface area contributed by atoms with E-state index in [1.54, 1.807) is 24.5 Å². The van der Waals surface area contributed by atoms with Crippen LogP contribution in [0.25, 0.3) is 11.5 Å². The third kappa shape index (κ3) is 6.91. The Hall–Kier alpha value is -4.44. The lowest BCUT2D eigenvalue weighted by Crippen LogP contribution is -2.44. The summed E-state index contributed by atoms with van der Waals surface area (Å²) in [6.45, 7) is 7.77. The second-order valence-electron chi connectivity index (χ2n) is 9.27. The first-order valence-corrected chi connectivity index (χ1v) is 13.2. The molecule has 5 rings (SSSR count). The number of ether oxygens (including phenoxy) is 1. The average Bonchev–Trinajstić information content (AvgIpc) is 2.94. The standard InChI is InChI=1S/C29H32N8O2/c1-3-39-28(38)19-22-17-21(7-8-24(22)37-15-13-30-14-16-37)18-27-31-11-9-25(35-27)34-26-10-12-32-29(36-26)23-6-4-5-20(2)33-23/h4-12,17,30H,3,13-16,18-19H2,1-2H3,(H,31,32,34,35,36). The van der Waals surface area contributed by atoms with Gasteiger partial charge in [0.15, 0.2) is 5.82 Å². The van der Waals surface area contributed by atoms with Gasteiger partial charge in [-0.05, 0) is 55.3 Å². The Bertz CT molecular complexity index is 1440. The molecule has 4 aromatic rings. The van der Waals surface area contributed by atoms with E-state index in [2.05, 4.69) is 53.7 Å². The van der Waals surface area contributed by atoms with Gasteiger partial charge in [-0.25, -0.2) is 24.9 Å². The molecule has 0 radical (unpaired) electrons. The van der Waals surface area contributed by atoms with E-state index in [1.165, 1.54) is 0 Å². The number of aryl methyl sites for hydroxylation is 1. The van der Waals surface area contributed by atoms with Gasteiger partial charge in [0, 0.05) is 56.4 Å². The Morgan fingerprint density at radius 2 is 1.79 bits per heavy atom. The lowest BCUT2D eigenvalue weighted by molar-refractivity contribution is -0.142. The molecule has 0 atom stereocenters. The SMILES string of the molecule is CCOC(=O)Cc1cc(Cc2nccc(Nc3ccnc(-c4cccc(C)n4)n3)n2)ccc1N1CCNCC1. The monoisotopic (exact) mass is 524 g/mol. The Balaban J connectivity index is 1.34. The van der Waals surface area contributed by atoms with E-state index in [1.807, 2.05) is 32.0 Å². The first-order chi connectivity index (χ1) is 19.1. The minimum atomic E-state index is -0.224. The summed E-state index contributed by atoms with van der Waals surface area (Å²) in [5.41, 5.74) is 4.68. The molecule has 0 unspecified atom stereocenters. The number of rotatable bonds is 9. The molecule has 0 amide bonds.